The smallest absolute Gasteiger partial charge is 0.385 e. The van der Waals surface area contributed by atoms with Crippen molar-refractivity contribution >= 4 is 27.6 Å². The van der Waals surface area contributed by atoms with Gasteiger partial charge in [-0.1, -0.05) is 21.9 Å². The van der Waals surface area contributed by atoms with Gasteiger partial charge >= 0.3 is 5.97 Å². The lowest BCUT2D eigenvalue weighted by Crippen LogP contribution is -2.22. The number of hydrogen-bond donors (Lipinski definition) is 1. The standard InChI is InChI=1S/C13H14BrNO2/c1-13(2,3)17-12(16)7-5-9-4-6-10(14)8-11(9)15/h4,6,8H,15H2,1-3H3. The highest BCUT2D eigenvalue weighted by Gasteiger charge is 2.14. The second-order valence-corrected chi connectivity index (χ2v) is 5.40. The van der Waals surface area contributed by atoms with Crippen LogP contribution in [-0.4, -0.2) is 11.6 Å². The molecule has 0 heterocycles. The number of carbonyl (C=O) groups excluding carboxylic acids is 1. The van der Waals surface area contributed by atoms with Crippen molar-refractivity contribution in [3.8, 4) is 11.8 Å². The SMILES string of the molecule is CC(C)(C)OC(=O)C#Cc1ccc(Br)cc1N. The van der Waals surface area contributed by atoms with Crippen LogP contribution in [0.1, 0.15) is 26.3 Å². The zero-order valence-corrected chi connectivity index (χ0v) is 11.6. The van der Waals surface area contributed by atoms with E-state index in [1.165, 1.54) is 0 Å². The van der Waals surface area contributed by atoms with Crippen LogP contribution in [0, 0.1) is 11.8 Å². The summed E-state index contributed by atoms with van der Waals surface area (Å²) in [5, 5.41) is 0. The van der Waals surface area contributed by atoms with E-state index in [0.717, 1.165) is 4.47 Å². The van der Waals surface area contributed by atoms with Crippen LogP contribution in [0.15, 0.2) is 22.7 Å². The largest absolute Gasteiger partial charge is 0.450 e. The fourth-order valence-electron chi connectivity index (χ4n) is 1.07. The van der Waals surface area contributed by atoms with Crippen LogP contribution in [0.2, 0.25) is 0 Å². The summed E-state index contributed by atoms with van der Waals surface area (Å²) in [5.74, 6) is 4.55. The Balaban J connectivity index is 2.82. The van der Waals surface area contributed by atoms with Gasteiger partial charge in [0.1, 0.15) is 5.60 Å². The Morgan fingerprint density at radius 3 is 2.59 bits per heavy atom. The molecule has 0 saturated carbocycles. The van der Waals surface area contributed by atoms with E-state index < -0.39 is 11.6 Å². The van der Waals surface area contributed by atoms with Gasteiger partial charge in [-0.05, 0) is 39.0 Å². The highest BCUT2D eigenvalue weighted by atomic mass is 79.9. The maximum absolute atomic E-state index is 11.4. The average molecular weight is 296 g/mol. The molecule has 0 spiro atoms. The quantitative estimate of drug-likeness (QED) is 0.455. The second kappa shape index (κ2) is 5.24. The predicted molar refractivity (Wildman–Crippen MR) is 71.3 cm³/mol. The highest BCUT2D eigenvalue weighted by Crippen LogP contribution is 2.17. The molecule has 1 aromatic rings. The minimum absolute atomic E-state index is 0.524. The van der Waals surface area contributed by atoms with E-state index in [9.17, 15) is 4.79 Å². The third-order valence-corrected chi connectivity index (χ3v) is 2.20. The first-order chi connectivity index (χ1) is 7.78. The fourth-order valence-corrected chi connectivity index (χ4v) is 1.45. The van der Waals surface area contributed by atoms with Crippen LogP contribution < -0.4 is 5.73 Å². The Bertz CT molecular complexity index is 492. The summed E-state index contributed by atoms with van der Waals surface area (Å²) in [6.07, 6.45) is 0. The van der Waals surface area contributed by atoms with Gasteiger partial charge in [0.25, 0.3) is 0 Å². The molecule has 0 aliphatic rings. The molecule has 4 heteroatoms. The number of ether oxygens (including phenoxy) is 1. The normalized spacial score (nSPS) is 10.4. The van der Waals surface area contributed by atoms with Crippen molar-refractivity contribution in [2.75, 3.05) is 5.73 Å². The third-order valence-electron chi connectivity index (χ3n) is 1.71. The van der Waals surface area contributed by atoms with Crippen molar-refractivity contribution in [2.45, 2.75) is 26.4 Å². The van der Waals surface area contributed by atoms with Crippen LogP contribution in [0.5, 0.6) is 0 Å². The molecule has 0 aliphatic carbocycles. The van der Waals surface area contributed by atoms with Gasteiger partial charge in [-0.15, -0.1) is 0 Å². The van der Waals surface area contributed by atoms with E-state index in [1.54, 1.807) is 32.9 Å². The van der Waals surface area contributed by atoms with Crippen molar-refractivity contribution in [3.05, 3.63) is 28.2 Å². The maximum atomic E-state index is 11.4. The number of nitrogens with two attached hydrogens (primary N) is 1. The Labute approximate surface area is 109 Å². The minimum atomic E-state index is -0.556. The number of esters is 1. The first kappa shape index (κ1) is 13.6. The lowest BCUT2D eigenvalue weighted by Gasteiger charge is -2.16. The first-order valence-corrected chi connectivity index (χ1v) is 5.87. The molecule has 17 heavy (non-hydrogen) atoms. The van der Waals surface area contributed by atoms with Crippen LogP contribution in [-0.2, 0) is 9.53 Å². The van der Waals surface area contributed by atoms with Gasteiger partial charge in [-0.3, -0.25) is 0 Å². The molecule has 0 bridgehead atoms. The van der Waals surface area contributed by atoms with Crippen molar-refractivity contribution < 1.29 is 9.53 Å². The molecule has 90 valence electrons. The summed E-state index contributed by atoms with van der Waals surface area (Å²) < 4.78 is 5.93. The van der Waals surface area contributed by atoms with Crippen LogP contribution in [0.25, 0.3) is 0 Å². The van der Waals surface area contributed by atoms with Crippen molar-refractivity contribution in [1.82, 2.24) is 0 Å². The molecule has 0 radical (unpaired) electrons. The molecule has 1 aromatic carbocycles. The fraction of sp³-hybridized carbons (Fsp3) is 0.308. The lowest BCUT2D eigenvalue weighted by molar-refractivity contribution is -0.147. The number of benzene rings is 1. The molecular formula is C13H14BrNO2. The van der Waals surface area contributed by atoms with Crippen molar-refractivity contribution in [2.24, 2.45) is 0 Å². The van der Waals surface area contributed by atoms with E-state index in [1.807, 2.05) is 6.07 Å². The van der Waals surface area contributed by atoms with Crippen molar-refractivity contribution in [3.63, 3.8) is 0 Å². The number of nitrogen functional groups attached to an aromatic ring is 1. The Morgan fingerprint density at radius 2 is 2.06 bits per heavy atom. The Morgan fingerprint density at radius 1 is 1.41 bits per heavy atom. The van der Waals surface area contributed by atoms with Gasteiger partial charge in [0.15, 0.2) is 0 Å². The van der Waals surface area contributed by atoms with Crippen LogP contribution >= 0.6 is 15.9 Å². The zero-order valence-electron chi connectivity index (χ0n) is 10.0. The molecule has 2 N–H and O–H groups in total. The summed E-state index contributed by atoms with van der Waals surface area (Å²) in [7, 11) is 0. The summed E-state index contributed by atoms with van der Waals surface area (Å²) in [4.78, 5) is 11.4. The van der Waals surface area contributed by atoms with Gasteiger partial charge in [0.2, 0.25) is 0 Å². The monoisotopic (exact) mass is 295 g/mol. The van der Waals surface area contributed by atoms with Gasteiger partial charge in [-0.2, -0.15) is 0 Å². The van der Waals surface area contributed by atoms with Gasteiger partial charge in [-0.25, -0.2) is 4.79 Å². The molecule has 0 atom stereocenters. The molecule has 3 nitrogen and oxygen atoms in total. The molecule has 0 unspecified atom stereocenters. The van der Waals surface area contributed by atoms with E-state index >= 15 is 0 Å². The number of anilines is 1. The number of carbonyl (C=O) groups is 1. The van der Waals surface area contributed by atoms with E-state index in [-0.39, 0.29) is 0 Å². The predicted octanol–water partition coefficient (Wildman–Crippen LogP) is 2.72. The van der Waals surface area contributed by atoms with E-state index in [4.69, 9.17) is 10.5 Å². The zero-order chi connectivity index (χ0) is 13.1. The number of rotatable bonds is 0. The van der Waals surface area contributed by atoms with E-state index in [0.29, 0.717) is 11.3 Å². The molecule has 0 fully saturated rings. The van der Waals surface area contributed by atoms with Gasteiger partial charge in [0.05, 0.1) is 0 Å². The maximum Gasteiger partial charge on any atom is 0.385 e. The average Bonchev–Trinajstić information content (AvgIpc) is 2.13. The number of halogens is 1. The molecule has 0 saturated heterocycles. The Kier molecular flexibility index (Phi) is 4.19. The lowest BCUT2D eigenvalue weighted by atomic mass is 10.2. The molecule has 0 aliphatic heterocycles. The van der Waals surface area contributed by atoms with Gasteiger partial charge in [0, 0.05) is 21.6 Å². The number of hydrogen-bond acceptors (Lipinski definition) is 3. The van der Waals surface area contributed by atoms with Crippen molar-refractivity contribution in [1.29, 1.82) is 0 Å². The molecular weight excluding hydrogens is 282 g/mol. The first-order valence-electron chi connectivity index (χ1n) is 5.08. The summed E-state index contributed by atoms with van der Waals surface area (Å²) in [5.41, 5.74) is 6.35. The summed E-state index contributed by atoms with van der Waals surface area (Å²) >= 11 is 3.30. The Hall–Kier alpha value is -1.47. The highest BCUT2D eigenvalue weighted by molar-refractivity contribution is 9.10. The summed E-state index contributed by atoms with van der Waals surface area (Å²) in [6, 6.07) is 5.30. The molecule has 0 amide bonds. The van der Waals surface area contributed by atoms with E-state index in [2.05, 4.69) is 27.8 Å². The second-order valence-electron chi connectivity index (χ2n) is 4.48. The topological polar surface area (TPSA) is 52.3 Å². The third kappa shape index (κ3) is 4.92. The van der Waals surface area contributed by atoms with Crippen LogP contribution in [0.4, 0.5) is 5.69 Å². The van der Waals surface area contributed by atoms with Crippen LogP contribution in [0.3, 0.4) is 0 Å². The molecule has 1 rings (SSSR count). The van der Waals surface area contributed by atoms with Gasteiger partial charge < -0.3 is 10.5 Å². The summed E-state index contributed by atoms with van der Waals surface area (Å²) in [6.45, 7) is 5.38. The molecule has 0 aromatic heterocycles. The minimum Gasteiger partial charge on any atom is -0.450 e.